The molecule has 1 fully saturated rings. The molecule has 1 rings (SSSR count). The Morgan fingerprint density at radius 2 is 2.33 bits per heavy atom. The minimum absolute atomic E-state index is 0.0695. The topological polar surface area (TPSA) is 53.6 Å². The smallest absolute Gasteiger partial charge is 0.236 e. The lowest BCUT2D eigenvalue weighted by Crippen LogP contribution is -2.53. The summed E-state index contributed by atoms with van der Waals surface area (Å²) in [6.45, 7) is 5.11. The van der Waals surface area contributed by atoms with Gasteiger partial charge < -0.3 is 15.4 Å². The van der Waals surface area contributed by atoms with E-state index < -0.39 is 0 Å². The van der Waals surface area contributed by atoms with Gasteiger partial charge in [-0.25, -0.2) is 0 Å². The SMILES string of the molecule is CNCC1CN(C(C)C(=O)NC)CCO1. The van der Waals surface area contributed by atoms with Crippen LogP contribution in [-0.4, -0.2) is 63.3 Å². The van der Waals surface area contributed by atoms with Gasteiger partial charge in [0.15, 0.2) is 0 Å². The molecule has 0 aromatic carbocycles. The Morgan fingerprint density at radius 3 is 2.93 bits per heavy atom. The van der Waals surface area contributed by atoms with E-state index in [-0.39, 0.29) is 18.1 Å². The highest BCUT2D eigenvalue weighted by atomic mass is 16.5. The minimum Gasteiger partial charge on any atom is -0.374 e. The Hall–Kier alpha value is -0.650. The Kier molecular flexibility index (Phi) is 5.01. The second-order valence-electron chi connectivity index (χ2n) is 3.84. The summed E-state index contributed by atoms with van der Waals surface area (Å²) < 4.78 is 5.58. The van der Waals surface area contributed by atoms with Crippen LogP contribution in [0.5, 0.6) is 0 Å². The summed E-state index contributed by atoms with van der Waals surface area (Å²) in [6, 6.07) is -0.0711. The highest BCUT2D eigenvalue weighted by Crippen LogP contribution is 2.08. The Bertz CT molecular complexity index is 209. The number of nitrogens with zero attached hydrogens (tertiary/aromatic N) is 1. The van der Waals surface area contributed by atoms with Gasteiger partial charge in [0.05, 0.1) is 18.8 Å². The number of hydrogen-bond acceptors (Lipinski definition) is 4. The molecule has 88 valence electrons. The second-order valence-corrected chi connectivity index (χ2v) is 3.84. The molecule has 0 spiro atoms. The van der Waals surface area contributed by atoms with Crippen LogP contribution < -0.4 is 10.6 Å². The van der Waals surface area contributed by atoms with Gasteiger partial charge in [-0.15, -0.1) is 0 Å². The molecule has 1 saturated heterocycles. The van der Waals surface area contributed by atoms with Crippen molar-refractivity contribution in [2.75, 3.05) is 40.3 Å². The van der Waals surface area contributed by atoms with Crippen molar-refractivity contribution in [3.8, 4) is 0 Å². The Labute approximate surface area is 91.2 Å². The van der Waals surface area contributed by atoms with Crippen molar-refractivity contribution >= 4 is 5.91 Å². The molecule has 1 aliphatic heterocycles. The molecule has 0 aromatic rings. The summed E-state index contributed by atoms with van der Waals surface area (Å²) in [4.78, 5) is 13.6. The predicted molar refractivity (Wildman–Crippen MR) is 58.8 cm³/mol. The third-order valence-electron chi connectivity index (χ3n) is 2.78. The molecule has 0 aromatic heterocycles. The van der Waals surface area contributed by atoms with Gasteiger partial charge in [0.2, 0.25) is 5.91 Å². The lowest BCUT2D eigenvalue weighted by Gasteiger charge is -2.35. The first kappa shape index (κ1) is 12.4. The fourth-order valence-electron chi connectivity index (χ4n) is 1.82. The van der Waals surface area contributed by atoms with Crippen LogP contribution in [0, 0.1) is 0 Å². The zero-order chi connectivity index (χ0) is 11.3. The van der Waals surface area contributed by atoms with Crippen LogP contribution in [0.25, 0.3) is 0 Å². The first-order chi connectivity index (χ1) is 7.19. The molecular weight excluding hydrogens is 194 g/mol. The molecule has 1 heterocycles. The van der Waals surface area contributed by atoms with E-state index in [1.807, 2.05) is 14.0 Å². The van der Waals surface area contributed by atoms with E-state index in [1.165, 1.54) is 0 Å². The molecule has 0 aliphatic carbocycles. The van der Waals surface area contributed by atoms with Crippen LogP contribution >= 0.6 is 0 Å². The largest absolute Gasteiger partial charge is 0.374 e. The number of amides is 1. The van der Waals surface area contributed by atoms with Gasteiger partial charge in [0, 0.05) is 26.7 Å². The summed E-state index contributed by atoms with van der Waals surface area (Å²) >= 11 is 0. The summed E-state index contributed by atoms with van der Waals surface area (Å²) in [6.07, 6.45) is 0.191. The van der Waals surface area contributed by atoms with Crippen molar-refractivity contribution in [2.45, 2.75) is 19.1 Å². The fourth-order valence-corrected chi connectivity index (χ4v) is 1.82. The Morgan fingerprint density at radius 1 is 1.60 bits per heavy atom. The van der Waals surface area contributed by atoms with Crippen LogP contribution in [0.1, 0.15) is 6.92 Å². The number of rotatable bonds is 4. The average Bonchev–Trinajstić information content (AvgIpc) is 2.28. The average molecular weight is 215 g/mol. The maximum Gasteiger partial charge on any atom is 0.236 e. The highest BCUT2D eigenvalue weighted by molar-refractivity contribution is 5.80. The van der Waals surface area contributed by atoms with E-state index in [1.54, 1.807) is 7.05 Å². The third-order valence-corrected chi connectivity index (χ3v) is 2.78. The van der Waals surface area contributed by atoms with Crippen molar-refractivity contribution in [3.63, 3.8) is 0 Å². The van der Waals surface area contributed by atoms with Crippen LogP contribution in [-0.2, 0) is 9.53 Å². The summed E-state index contributed by atoms with van der Waals surface area (Å²) in [5.74, 6) is 0.0695. The number of likely N-dealkylation sites (N-methyl/N-ethyl adjacent to an activating group) is 2. The molecule has 0 saturated carbocycles. The van der Waals surface area contributed by atoms with E-state index in [9.17, 15) is 4.79 Å². The minimum atomic E-state index is -0.0711. The molecular formula is C10H21N3O2. The molecule has 15 heavy (non-hydrogen) atoms. The van der Waals surface area contributed by atoms with Crippen molar-refractivity contribution < 1.29 is 9.53 Å². The number of carbonyl (C=O) groups is 1. The van der Waals surface area contributed by atoms with Crippen LogP contribution in [0.4, 0.5) is 0 Å². The van der Waals surface area contributed by atoms with E-state index in [0.717, 1.165) is 19.6 Å². The van der Waals surface area contributed by atoms with Gasteiger partial charge in [0.1, 0.15) is 0 Å². The van der Waals surface area contributed by atoms with E-state index in [4.69, 9.17) is 4.74 Å². The van der Waals surface area contributed by atoms with Crippen LogP contribution in [0.2, 0.25) is 0 Å². The van der Waals surface area contributed by atoms with Gasteiger partial charge in [-0.3, -0.25) is 9.69 Å². The fraction of sp³-hybridized carbons (Fsp3) is 0.900. The van der Waals surface area contributed by atoms with E-state index in [0.29, 0.717) is 6.61 Å². The summed E-state index contributed by atoms with van der Waals surface area (Å²) in [5, 5.41) is 5.76. The Balaban J connectivity index is 2.44. The highest BCUT2D eigenvalue weighted by Gasteiger charge is 2.26. The first-order valence-electron chi connectivity index (χ1n) is 5.41. The normalized spacial score (nSPS) is 24.9. The van der Waals surface area contributed by atoms with Crippen LogP contribution in [0.3, 0.4) is 0 Å². The quantitative estimate of drug-likeness (QED) is 0.634. The molecule has 2 atom stereocenters. The van der Waals surface area contributed by atoms with Gasteiger partial charge in [-0.05, 0) is 14.0 Å². The van der Waals surface area contributed by atoms with Crippen molar-refractivity contribution in [1.29, 1.82) is 0 Å². The predicted octanol–water partition coefficient (Wildman–Crippen LogP) is -0.959. The molecule has 1 amide bonds. The maximum atomic E-state index is 11.5. The van der Waals surface area contributed by atoms with E-state index >= 15 is 0 Å². The number of morpholine rings is 1. The van der Waals surface area contributed by atoms with E-state index in [2.05, 4.69) is 15.5 Å². The zero-order valence-electron chi connectivity index (χ0n) is 9.75. The zero-order valence-corrected chi connectivity index (χ0v) is 9.75. The monoisotopic (exact) mass is 215 g/mol. The molecule has 1 aliphatic rings. The van der Waals surface area contributed by atoms with Crippen LogP contribution in [0.15, 0.2) is 0 Å². The number of ether oxygens (including phenoxy) is 1. The lowest BCUT2D eigenvalue weighted by atomic mass is 10.2. The summed E-state index contributed by atoms with van der Waals surface area (Å²) in [7, 11) is 3.58. The lowest BCUT2D eigenvalue weighted by molar-refractivity contribution is -0.128. The third kappa shape index (κ3) is 3.44. The number of carbonyl (C=O) groups excluding carboxylic acids is 1. The molecule has 0 bridgehead atoms. The van der Waals surface area contributed by atoms with Gasteiger partial charge in [-0.2, -0.15) is 0 Å². The standard InChI is InChI=1S/C10H21N3O2/c1-8(10(14)12-3)13-4-5-15-9(7-13)6-11-2/h8-9,11H,4-7H2,1-3H3,(H,12,14). The van der Waals surface area contributed by atoms with Crippen molar-refractivity contribution in [2.24, 2.45) is 0 Å². The molecule has 2 N–H and O–H groups in total. The maximum absolute atomic E-state index is 11.5. The molecule has 5 nitrogen and oxygen atoms in total. The summed E-state index contributed by atoms with van der Waals surface area (Å²) in [5.41, 5.74) is 0. The molecule has 0 radical (unpaired) electrons. The number of nitrogens with one attached hydrogen (secondary N) is 2. The van der Waals surface area contributed by atoms with Gasteiger partial charge in [0.25, 0.3) is 0 Å². The second kappa shape index (κ2) is 6.05. The number of hydrogen-bond donors (Lipinski definition) is 2. The van der Waals surface area contributed by atoms with Crippen molar-refractivity contribution in [1.82, 2.24) is 15.5 Å². The molecule has 2 unspecified atom stereocenters. The van der Waals surface area contributed by atoms with Gasteiger partial charge in [-0.1, -0.05) is 0 Å². The molecule has 5 heteroatoms. The first-order valence-corrected chi connectivity index (χ1v) is 5.41. The van der Waals surface area contributed by atoms with Crippen molar-refractivity contribution in [3.05, 3.63) is 0 Å². The van der Waals surface area contributed by atoms with Gasteiger partial charge >= 0.3 is 0 Å².